The van der Waals surface area contributed by atoms with Gasteiger partial charge in [0, 0.05) is 12.8 Å². The molecule has 0 saturated carbocycles. The number of nitrogens with one attached hydrogen (secondary N) is 2. The third kappa shape index (κ3) is 5.69. The molecule has 0 fully saturated rings. The standard InChI is InChI=1S/C23H24FN3O4/c1-14-7-6-10-19(15(14)2)30-16(3)23(29)27-26-21(28)11-12-22-25-13-20(31-22)17-8-4-5-9-18(17)24/h4-10,13,16H,11-12H2,1-3H3,(H,26,28)(H,27,29). The second-order valence-electron chi connectivity index (χ2n) is 7.09. The SMILES string of the molecule is Cc1cccc(OC(C)C(=O)NNC(=O)CCc2ncc(-c3ccccc3F)o2)c1C. The number of carbonyl (C=O) groups is 2. The zero-order chi connectivity index (χ0) is 22.4. The van der Waals surface area contributed by atoms with Crippen LogP contribution in [0, 0.1) is 19.7 Å². The predicted octanol–water partition coefficient (Wildman–Crippen LogP) is 3.65. The van der Waals surface area contributed by atoms with Gasteiger partial charge in [-0.1, -0.05) is 24.3 Å². The molecule has 0 radical (unpaired) electrons. The molecule has 3 aromatic rings. The van der Waals surface area contributed by atoms with Crippen molar-refractivity contribution in [1.82, 2.24) is 15.8 Å². The van der Waals surface area contributed by atoms with E-state index in [0.29, 0.717) is 23.0 Å². The second kappa shape index (κ2) is 9.88. The summed E-state index contributed by atoms with van der Waals surface area (Å²) in [7, 11) is 0. The van der Waals surface area contributed by atoms with Gasteiger partial charge in [0.2, 0.25) is 5.91 Å². The number of nitrogens with zero attached hydrogens (tertiary/aromatic N) is 1. The Morgan fingerprint density at radius 2 is 1.90 bits per heavy atom. The molecule has 0 aliphatic carbocycles. The van der Waals surface area contributed by atoms with E-state index in [4.69, 9.17) is 9.15 Å². The van der Waals surface area contributed by atoms with Crippen molar-refractivity contribution in [1.29, 1.82) is 0 Å². The van der Waals surface area contributed by atoms with Gasteiger partial charge in [-0.3, -0.25) is 20.4 Å². The molecule has 0 aliphatic rings. The van der Waals surface area contributed by atoms with Gasteiger partial charge in [-0.25, -0.2) is 9.37 Å². The summed E-state index contributed by atoms with van der Waals surface area (Å²) in [4.78, 5) is 28.3. The molecule has 0 saturated heterocycles. The van der Waals surface area contributed by atoms with Crippen LogP contribution in [0.4, 0.5) is 4.39 Å². The number of amides is 2. The first kappa shape index (κ1) is 22.0. The highest BCUT2D eigenvalue weighted by Crippen LogP contribution is 2.24. The van der Waals surface area contributed by atoms with Gasteiger partial charge < -0.3 is 9.15 Å². The number of carbonyl (C=O) groups excluding carboxylic acids is 2. The maximum atomic E-state index is 13.8. The van der Waals surface area contributed by atoms with Crippen LogP contribution in [0.15, 0.2) is 53.1 Å². The third-order valence-corrected chi connectivity index (χ3v) is 4.81. The summed E-state index contributed by atoms with van der Waals surface area (Å²) in [6, 6.07) is 11.8. The molecule has 1 heterocycles. The highest BCUT2D eigenvalue weighted by atomic mass is 19.1. The number of halogens is 1. The Labute approximate surface area is 179 Å². The van der Waals surface area contributed by atoms with Gasteiger partial charge in [-0.2, -0.15) is 0 Å². The van der Waals surface area contributed by atoms with Crippen molar-refractivity contribution in [3.05, 3.63) is 71.5 Å². The van der Waals surface area contributed by atoms with E-state index in [0.717, 1.165) is 11.1 Å². The monoisotopic (exact) mass is 425 g/mol. The fourth-order valence-electron chi connectivity index (χ4n) is 2.82. The van der Waals surface area contributed by atoms with Crippen molar-refractivity contribution < 1.29 is 23.1 Å². The molecule has 0 bridgehead atoms. The molecule has 1 aromatic heterocycles. The maximum Gasteiger partial charge on any atom is 0.279 e. The summed E-state index contributed by atoms with van der Waals surface area (Å²) in [6.45, 7) is 5.47. The highest BCUT2D eigenvalue weighted by Gasteiger charge is 2.17. The number of oxazole rings is 1. The van der Waals surface area contributed by atoms with Crippen LogP contribution >= 0.6 is 0 Å². The summed E-state index contributed by atoms with van der Waals surface area (Å²) < 4.78 is 25.0. The molecule has 2 aromatic carbocycles. The molecule has 1 atom stereocenters. The molecule has 3 rings (SSSR count). The van der Waals surface area contributed by atoms with Gasteiger partial charge in [0.1, 0.15) is 11.6 Å². The lowest BCUT2D eigenvalue weighted by atomic mass is 10.1. The first-order valence-corrected chi connectivity index (χ1v) is 9.86. The van der Waals surface area contributed by atoms with E-state index in [-0.39, 0.29) is 12.8 Å². The normalized spacial score (nSPS) is 11.6. The minimum absolute atomic E-state index is 0.0315. The van der Waals surface area contributed by atoms with Gasteiger partial charge in [0.15, 0.2) is 17.8 Å². The van der Waals surface area contributed by atoms with E-state index in [1.807, 2.05) is 26.0 Å². The van der Waals surface area contributed by atoms with Crippen molar-refractivity contribution in [2.24, 2.45) is 0 Å². The van der Waals surface area contributed by atoms with Crippen LogP contribution < -0.4 is 15.6 Å². The Hall–Kier alpha value is -3.68. The molecule has 2 N–H and O–H groups in total. The van der Waals surface area contributed by atoms with E-state index in [1.165, 1.54) is 12.3 Å². The molecule has 31 heavy (non-hydrogen) atoms. The van der Waals surface area contributed by atoms with E-state index in [1.54, 1.807) is 31.2 Å². The first-order valence-electron chi connectivity index (χ1n) is 9.86. The summed E-state index contributed by atoms with van der Waals surface area (Å²) >= 11 is 0. The van der Waals surface area contributed by atoms with Gasteiger partial charge >= 0.3 is 0 Å². The molecule has 8 heteroatoms. The Morgan fingerprint density at radius 3 is 2.68 bits per heavy atom. The number of ether oxygens (including phenoxy) is 1. The predicted molar refractivity (Wildman–Crippen MR) is 113 cm³/mol. The van der Waals surface area contributed by atoms with Gasteiger partial charge in [-0.15, -0.1) is 0 Å². The fourth-order valence-corrected chi connectivity index (χ4v) is 2.82. The Kier molecular flexibility index (Phi) is 7.02. The van der Waals surface area contributed by atoms with Crippen LogP contribution in [-0.2, 0) is 16.0 Å². The second-order valence-corrected chi connectivity index (χ2v) is 7.09. The number of rotatable bonds is 7. The molecule has 0 spiro atoms. The molecule has 0 aliphatic heterocycles. The Morgan fingerprint density at radius 1 is 1.13 bits per heavy atom. The zero-order valence-corrected chi connectivity index (χ0v) is 17.6. The number of aryl methyl sites for hydroxylation is 2. The topological polar surface area (TPSA) is 93.5 Å². The number of aromatic nitrogens is 1. The zero-order valence-electron chi connectivity index (χ0n) is 17.6. The Balaban J connectivity index is 1.45. The summed E-state index contributed by atoms with van der Waals surface area (Å²) in [6.07, 6.45) is 0.851. The summed E-state index contributed by atoms with van der Waals surface area (Å²) in [5.41, 5.74) is 7.00. The van der Waals surface area contributed by atoms with Crippen molar-refractivity contribution >= 4 is 11.8 Å². The summed E-state index contributed by atoms with van der Waals surface area (Å²) in [5, 5.41) is 0. The molecule has 1 unspecified atom stereocenters. The third-order valence-electron chi connectivity index (χ3n) is 4.81. The van der Waals surface area contributed by atoms with Gasteiger partial charge in [-0.05, 0) is 50.1 Å². The quantitative estimate of drug-likeness (QED) is 0.564. The van der Waals surface area contributed by atoms with Gasteiger partial charge in [0.25, 0.3) is 5.91 Å². The Bertz CT molecular complexity index is 1080. The average molecular weight is 425 g/mol. The molecular formula is C23H24FN3O4. The minimum atomic E-state index is -0.795. The number of hydrazine groups is 1. The number of hydrogen-bond acceptors (Lipinski definition) is 5. The van der Waals surface area contributed by atoms with Crippen LogP contribution in [0.2, 0.25) is 0 Å². The van der Waals surface area contributed by atoms with Crippen LogP contribution in [-0.4, -0.2) is 22.9 Å². The van der Waals surface area contributed by atoms with Crippen LogP contribution in [0.3, 0.4) is 0 Å². The van der Waals surface area contributed by atoms with Crippen LogP contribution in [0.25, 0.3) is 11.3 Å². The lowest BCUT2D eigenvalue weighted by Gasteiger charge is -2.17. The lowest BCUT2D eigenvalue weighted by molar-refractivity contribution is -0.132. The highest BCUT2D eigenvalue weighted by molar-refractivity contribution is 5.84. The van der Waals surface area contributed by atoms with E-state index >= 15 is 0 Å². The van der Waals surface area contributed by atoms with E-state index in [9.17, 15) is 14.0 Å². The maximum absolute atomic E-state index is 13.8. The van der Waals surface area contributed by atoms with Crippen molar-refractivity contribution in [3.8, 4) is 17.1 Å². The molecule has 2 amide bonds. The average Bonchev–Trinajstić information content (AvgIpc) is 3.22. The fraction of sp³-hybridized carbons (Fsp3) is 0.261. The molecular weight excluding hydrogens is 401 g/mol. The molecule has 7 nitrogen and oxygen atoms in total. The molecule has 162 valence electrons. The van der Waals surface area contributed by atoms with Crippen molar-refractivity contribution in [2.45, 2.75) is 39.7 Å². The number of benzene rings is 2. The number of hydrogen-bond donors (Lipinski definition) is 2. The van der Waals surface area contributed by atoms with E-state index < -0.39 is 23.7 Å². The first-order chi connectivity index (χ1) is 14.8. The van der Waals surface area contributed by atoms with Gasteiger partial charge in [0.05, 0.1) is 11.8 Å². The lowest BCUT2D eigenvalue weighted by Crippen LogP contribution is -2.47. The summed E-state index contributed by atoms with van der Waals surface area (Å²) in [5.74, 6) is -0.109. The van der Waals surface area contributed by atoms with Crippen molar-refractivity contribution in [2.75, 3.05) is 0 Å². The van der Waals surface area contributed by atoms with Crippen LogP contribution in [0.1, 0.15) is 30.4 Å². The van der Waals surface area contributed by atoms with E-state index in [2.05, 4.69) is 15.8 Å². The minimum Gasteiger partial charge on any atom is -0.481 e. The van der Waals surface area contributed by atoms with Crippen LogP contribution in [0.5, 0.6) is 5.75 Å². The van der Waals surface area contributed by atoms with Crippen molar-refractivity contribution in [3.63, 3.8) is 0 Å². The smallest absolute Gasteiger partial charge is 0.279 e. The largest absolute Gasteiger partial charge is 0.481 e.